The van der Waals surface area contributed by atoms with Gasteiger partial charge in [0.25, 0.3) is 5.91 Å². The predicted octanol–water partition coefficient (Wildman–Crippen LogP) is 4.99. The van der Waals surface area contributed by atoms with E-state index in [0.29, 0.717) is 6.04 Å². The maximum Gasteiger partial charge on any atom is 0.255 e. The van der Waals surface area contributed by atoms with Gasteiger partial charge in [-0.2, -0.15) is 0 Å². The molecule has 1 heterocycles. The number of hydrogen-bond donors (Lipinski definition) is 0. The van der Waals surface area contributed by atoms with E-state index >= 15 is 0 Å². The second-order valence-corrected chi connectivity index (χ2v) is 7.31. The molecule has 0 radical (unpaired) electrons. The van der Waals surface area contributed by atoms with Crippen LogP contribution in [0.25, 0.3) is 0 Å². The van der Waals surface area contributed by atoms with E-state index in [1.54, 1.807) is 0 Å². The van der Waals surface area contributed by atoms with E-state index < -0.39 is 0 Å². The molecule has 0 bridgehead atoms. The summed E-state index contributed by atoms with van der Waals surface area (Å²) in [6, 6.07) is 6.15. The molecule has 1 amide bonds. The summed E-state index contributed by atoms with van der Waals surface area (Å²) < 4.78 is 1.81. The molecule has 2 nitrogen and oxygen atoms in total. The Bertz CT molecular complexity index is 464. The van der Waals surface area contributed by atoms with E-state index in [0.717, 1.165) is 52.1 Å². The minimum absolute atomic E-state index is 0.144. The molecule has 1 aliphatic rings. The van der Waals surface area contributed by atoms with Crippen LogP contribution in [0.3, 0.4) is 0 Å². The molecule has 1 saturated heterocycles. The van der Waals surface area contributed by atoms with Crippen LogP contribution in [0.2, 0.25) is 0 Å². The number of likely N-dealkylation sites (tertiary alicyclic amines) is 1. The molecular weight excluding hydrogens is 438 g/mol. The van der Waals surface area contributed by atoms with E-state index in [1.165, 1.54) is 0 Å². The lowest BCUT2D eigenvalue weighted by molar-refractivity contribution is 0.0729. The van der Waals surface area contributed by atoms with Crippen molar-refractivity contribution in [3.63, 3.8) is 0 Å². The molecule has 1 aliphatic heterocycles. The number of carbonyl (C=O) groups is 1. The van der Waals surface area contributed by atoms with Gasteiger partial charge in [0.2, 0.25) is 0 Å². The zero-order valence-corrected chi connectivity index (χ0v) is 15.3. The van der Waals surface area contributed by atoms with E-state index in [2.05, 4.69) is 47.8 Å². The lowest BCUT2D eigenvalue weighted by atomic mass is 10.1. The second kappa shape index (κ2) is 7.23. The predicted molar refractivity (Wildman–Crippen MR) is 88.9 cm³/mol. The molecule has 0 saturated carbocycles. The zero-order chi connectivity index (χ0) is 13.8. The maximum absolute atomic E-state index is 12.7. The Morgan fingerprint density at radius 1 is 1.37 bits per heavy atom. The second-order valence-electron chi connectivity index (χ2n) is 4.75. The summed E-state index contributed by atoms with van der Waals surface area (Å²) in [5.74, 6) is 0.144. The van der Waals surface area contributed by atoms with Crippen LogP contribution < -0.4 is 0 Å². The summed E-state index contributed by atoms with van der Waals surface area (Å²) in [7, 11) is 0. The van der Waals surface area contributed by atoms with E-state index in [1.807, 2.05) is 23.1 Å². The van der Waals surface area contributed by atoms with Crippen molar-refractivity contribution >= 4 is 53.7 Å². The smallest absolute Gasteiger partial charge is 0.255 e. The Kier molecular flexibility index (Phi) is 5.90. The lowest BCUT2D eigenvalue weighted by Gasteiger charge is -2.25. The molecule has 5 heteroatoms. The van der Waals surface area contributed by atoms with Crippen molar-refractivity contribution in [2.24, 2.45) is 0 Å². The highest BCUT2D eigenvalue weighted by molar-refractivity contribution is 9.11. The van der Waals surface area contributed by atoms with Crippen molar-refractivity contribution < 1.29 is 4.79 Å². The highest BCUT2D eigenvalue weighted by atomic mass is 79.9. The van der Waals surface area contributed by atoms with Crippen LogP contribution in [-0.2, 0) is 0 Å². The zero-order valence-electron chi connectivity index (χ0n) is 10.5. The van der Waals surface area contributed by atoms with Crippen molar-refractivity contribution in [2.75, 3.05) is 11.9 Å². The number of amides is 1. The standard InChI is InChI=1S/C14H16Br3NO/c15-7-1-3-11-4-2-8-18(11)14(19)12-9-10(16)5-6-13(12)17/h5-6,9,11H,1-4,7-8H2. The molecule has 19 heavy (non-hydrogen) atoms. The van der Waals surface area contributed by atoms with Gasteiger partial charge < -0.3 is 4.90 Å². The van der Waals surface area contributed by atoms with Crippen LogP contribution >= 0.6 is 47.8 Å². The molecule has 1 fully saturated rings. The summed E-state index contributed by atoms with van der Waals surface area (Å²) in [5, 5.41) is 1.01. The monoisotopic (exact) mass is 451 g/mol. The Morgan fingerprint density at radius 3 is 2.89 bits per heavy atom. The molecule has 1 aromatic carbocycles. The average Bonchev–Trinajstić information content (AvgIpc) is 2.86. The molecule has 104 valence electrons. The molecule has 0 spiro atoms. The lowest BCUT2D eigenvalue weighted by Crippen LogP contribution is -2.35. The van der Waals surface area contributed by atoms with Crippen molar-refractivity contribution in [1.29, 1.82) is 0 Å². The minimum Gasteiger partial charge on any atom is -0.336 e. The van der Waals surface area contributed by atoms with Gasteiger partial charge >= 0.3 is 0 Å². The number of alkyl halides is 1. The summed E-state index contributed by atoms with van der Waals surface area (Å²) >= 11 is 10.4. The van der Waals surface area contributed by atoms with Crippen LogP contribution in [0, 0.1) is 0 Å². The SMILES string of the molecule is O=C(c1cc(Br)ccc1Br)N1CCCC1CCCBr. The molecular formula is C14H16Br3NO. The van der Waals surface area contributed by atoms with E-state index in [-0.39, 0.29) is 5.91 Å². The fourth-order valence-corrected chi connectivity index (χ4v) is 3.63. The van der Waals surface area contributed by atoms with Gasteiger partial charge in [0.1, 0.15) is 0 Å². The van der Waals surface area contributed by atoms with Gasteiger partial charge in [-0.15, -0.1) is 0 Å². The van der Waals surface area contributed by atoms with Gasteiger partial charge in [-0.05, 0) is 59.8 Å². The molecule has 2 rings (SSSR count). The summed E-state index contributed by atoms with van der Waals surface area (Å²) in [6.07, 6.45) is 4.45. The third-order valence-electron chi connectivity index (χ3n) is 3.47. The quantitative estimate of drug-likeness (QED) is 0.588. The normalized spacial score (nSPS) is 18.9. The minimum atomic E-state index is 0.144. The number of carbonyl (C=O) groups excluding carboxylic acids is 1. The third-order valence-corrected chi connectivity index (χ3v) is 5.21. The number of rotatable bonds is 4. The first kappa shape index (κ1) is 15.5. The van der Waals surface area contributed by atoms with E-state index in [4.69, 9.17) is 0 Å². The fraction of sp³-hybridized carbons (Fsp3) is 0.500. The summed E-state index contributed by atoms with van der Waals surface area (Å²) in [5.41, 5.74) is 0.750. The highest BCUT2D eigenvalue weighted by Gasteiger charge is 2.29. The van der Waals surface area contributed by atoms with Crippen molar-refractivity contribution in [2.45, 2.75) is 31.7 Å². The van der Waals surface area contributed by atoms with Crippen molar-refractivity contribution in [1.82, 2.24) is 4.90 Å². The largest absolute Gasteiger partial charge is 0.336 e. The van der Waals surface area contributed by atoms with Gasteiger partial charge in [0.15, 0.2) is 0 Å². The van der Waals surface area contributed by atoms with Crippen molar-refractivity contribution in [3.8, 4) is 0 Å². The highest BCUT2D eigenvalue weighted by Crippen LogP contribution is 2.28. The number of benzene rings is 1. The first-order valence-corrected chi connectivity index (χ1v) is 9.16. The first-order valence-electron chi connectivity index (χ1n) is 6.45. The molecule has 1 aromatic rings. The Hall–Kier alpha value is 0.130. The summed E-state index contributed by atoms with van der Waals surface area (Å²) in [6.45, 7) is 0.880. The number of hydrogen-bond acceptors (Lipinski definition) is 1. The third kappa shape index (κ3) is 3.82. The number of nitrogens with zero attached hydrogens (tertiary/aromatic N) is 1. The van der Waals surface area contributed by atoms with Gasteiger partial charge in [0.05, 0.1) is 5.56 Å². The number of halogens is 3. The average molecular weight is 454 g/mol. The van der Waals surface area contributed by atoms with Crippen LogP contribution in [-0.4, -0.2) is 28.7 Å². The summed E-state index contributed by atoms with van der Waals surface area (Å²) in [4.78, 5) is 14.7. The molecule has 0 N–H and O–H groups in total. The molecule has 1 atom stereocenters. The van der Waals surface area contributed by atoms with E-state index in [9.17, 15) is 4.79 Å². The Labute approximate surface area is 139 Å². The Morgan fingerprint density at radius 2 is 2.16 bits per heavy atom. The van der Waals surface area contributed by atoms with Gasteiger partial charge in [0, 0.05) is 26.9 Å². The first-order chi connectivity index (χ1) is 9.13. The van der Waals surface area contributed by atoms with Crippen LogP contribution in [0.1, 0.15) is 36.0 Å². The van der Waals surface area contributed by atoms with Crippen LogP contribution in [0.15, 0.2) is 27.1 Å². The fourth-order valence-electron chi connectivity index (χ4n) is 2.53. The van der Waals surface area contributed by atoms with Gasteiger partial charge in [-0.25, -0.2) is 0 Å². The van der Waals surface area contributed by atoms with Gasteiger partial charge in [-0.3, -0.25) is 4.79 Å². The van der Waals surface area contributed by atoms with Crippen LogP contribution in [0.5, 0.6) is 0 Å². The molecule has 0 aromatic heterocycles. The Balaban J connectivity index is 2.16. The molecule has 1 unspecified atom stereocenters. The topological polar surface area (TPSA) is 20.3 Å². The van der Waals surface area contributed by atoms with Gasteiger partial charge in [-0.1, -0.05) is 31.9 Å². The maximum atomic E-state index is 12.7. The molecule has 0 aliphatic carbocycles. The van der Waals surface area contributed by atoms with Crippen LogP contribution in [0.4, 0.5) is 0 Å². The van der Waals surface area contributed by atoms with Crippen molar-refractivity contribution in [3.05, 3.63) is 32.7 Å².